The van der Waals surface area contributed by atoms with Crippen LogP contribution in [0.25, 0.3) is 0 Å². The second-order valence-electron chi connectivity index (χ2n) is 8.74. The van der Waals surface area contributed by atoms with Gasteiger partial charge in [0.15, 0.2) is 0 Å². The Morgan fingerprint density at radius 2 is 1.52 bits per heavy atom. The average Bonchev–Trinajstić information content (AvgIpc) is 3.18. The molecule has 2 N–H and O–H groups in total. The number of pyridine rings is 1. The third-order valence-electron chi connectivity index (χ3n) is 5.12. The van der Waals surface area contributed by atoms with Crippen LogP contribution in [0.3, 0.4) is 0 Å². The van der Waals surface area contributed by atoms with E-state index in [1.165, 1.54) is 12.8 Å². The Morgan fingerprint density at radius 3 is 2.07 bits per heavy atom. The van der Waals surface area contributed by atoms with Gasteiger partial charge in [0.05, 0.1) is 0 Å². The molecule has 29 heavy (non-hydrogen) atoms. The lowest BCUT2D eigenvalue weighted by Gasteiger charge is -2.16. The fourth-order valence-corrected chi connectivity index (χ4v) is 3.31. The van der Waals surface area contributed by atoms with Gasteiger partial charge < -0.3 is 20.1 Å². The monoisotopic (exact) mass is 404 g/mol. The number of hydrogen-bond donors (Lipinski definition) is 2. The smallest absolute Gasteiger partial charge is 0.256 e. The second-order valence-corrected chi connectivity index (χ2v) is 8.74. The van der Waals surface area contributed by atoms with E-state index in [1.807, 2.05) is 13.8 Å². The van der Waals surface area contributed by atoms with Crippen molar-refractivity contribution in [2.45, 2.75) is 53.5 Å². The molecule has 0 radical (unpaired) electrons. The highest BCUT2D eigenvalue weighted by Gasteiger charge is 2.20. The fourth-order valence-electron chi connectivity index (χ4n) is 3.31. The van der Waals surface area contributed by atoms with E-state index in [4.69, 9.17) is 0 Å². The molecule has 0 spiro atoms. The van der Waals surface area contributed by atoms with E-state index < -0.39 is 17.2 Å². The van der Waals surface area contributed by atoms with Gasteiger partial charge in [0.2, 0.25) is 5.43 Å². The summed E-state index contributed by atoms with van der Waals surface area (Å²) >= 11 is 0. The molecule has 0 unspecified atom stereocenters. The number of rotatable bonds is 10. The van der Waals surface area contributed by atoms with Crippen molar-refractivity contribution in [3.63, 3.8) is 0 Å². The van der Waals surface area contributed by atoms with Gasteiger partial charge in [-0.15, -0.1) is 0 Å². The Kier molecular flexibility index (Phi) is 8.89. The van der Waals surface area contributed by atoms with Crippen LogP contribution in [0.5, 0.6) is 0 Å². The molecule has 1 aromatic heterocycles. The van der Waals surface area contributed by atoms with Crippen LogP contribution in [-0.4, -0.2) is 54.0 Å². The highest BCUT2D eigenvalue weighted by atomic mass is 16.2. The Hall–Kier alpha value is -2.15. The molecule has 7 heteroatoms. The van der Waals surface area contributed by atoms with Crippen LogP contribution >= 0.6 is 0 Å². The van der Waals surface area contributed by atoms with Crippen molar-refractivity contribution in [3.8, 4) is 0 Å². The summed E-state index contributed by atoms with van der Waals surface area (Å²) < 4.78 is 1.79. The van der Waals surface area contributed by atoms with Gasteiger partial charge in [-0.2, -0.15) is 0 Å². The first kappa shape index (κ1) is 23.1. The zero-order valence-corrected chi connectivity index (χ0v) is 18.3. The van der Waals surface area contributed by atoms with Crippen LogP contribution in [0.1, 0.15) is 67.7 Å². The van der Waals surface area contributed by atoms with Gasteiger partial charge in [-0.05, 0) is 44.2 Å². The Balaban J connectivity index is 2.17. The Morgan fingerprint density at radius 1 is 0.931 bits per heavy atom. The predicted molar refractivity (Wildman–Crippen MR) is 115 cm³/mol. The Bertz CT molecular complexity index is 749. The van der Waals surface area contributed by atoms with Gasteiger partial charge in [0.25, 0.3) is 11.8 Å². The summed E-state index contributed by atoms with van der Waals surface area (Å²) in [6.07, 6.45) is 6.44. The van der Waals surface area contributed by atoms with Crippen molar-refractivity contribution in [3.05, 3.63) is 33.7 Å². The van der Waals surface area contributed by atoms with Gasteiger partial charge in [0.1, 0.15) is 11.1 Å². The van der Waals surface area contributed by atoms with Crippen molar-refractivity contribution in [2.24, 2.45) is 11.8 Å². The minimum Gasteiger partial charge on any atom is -0.352 e. The molecule has 162 valence electrons. The van der Waals surface area contributed by atoms with Gasteiger partial charge in [-0.3, -0.25) is 14.4 Å². The number of hydrogen-bond acceptors (Lipinski definition) is 4. The first-order chi connectivity index (χ1) is 13.8. The molecule has 0 atom stereocenters. The highest BCUT2D eigenvalue weighted by molar-refractivity contribution is 5.99. The summed E-state index contributed by atoms with van der Waals surface area (Å²) in [6, 6.07) is 0. The van der Waals surface area contributed by atoms with Gasteiger partial charge in [-0.25, -0.2) is 0 Å². The summed E-state index contributed by atoms with van der Waals surface area (Å²) in [4.78, 5) is 40.4. The van der Waals surface area contributed by atoms with E-state index in [9.17, 15) is 14.4 Å². The molecule has 0 aromatic carbocycles. The van der Waals surface area contributed by atoms with Crippen LogP contribution in [0.15, 0.2) is 17.2 Å². The first-order valence-electron chi connectivity index (χ1n) is 10.8. The summed E-state index contributed by atoms with van der Waals surface area (Å²) in [5.74, 6) is -0.0794. The SMILES string of the molecule is CC(C)CCn1cc(C(=O)NCCN2CCCC2)c(=O)c(C(=O)NCC(C)C)c1. The molecule has 0 aliphatic carbocycles. The molecule has 1 aliphatic rings. The maximum atomic E-state index is 12.9. The van der Waals surface area contributed by atoms with Crippen LogP contribution < -0.4 is 16.1 Å². The molecule has 7 nitrogen and oxygen atoms in total. The lowest BCUT2D eigenvalue weighted by molar-refractivity contribution is 0.0946. The van der Waals surface area contributed by atoms with Gasteiger partial charge in [0, 0.05) is 38.6 Å². The summed E-state index contributed by atoms with van der Waals surface area (Å²) in [6.45, 7) is 12.7. The summed E-state index contributed by atoms with van der Waals surface area (Å²) in [5.41, 5.74) is -0.445. The predicted octanol–water partition coefficient (Wildman–Crippen LogP) is 2.11. The normalized spacial score (nSPS) is 14.6. The minimum atomic E-state index is -0.509. The van der Waals surface area contributed by atoms with Crippen LogP contribution in [0.4, 0.5) is 0 Å². The van der Waals surface area contributed by atoms with Crippen LogP contribution in [0.2, 0.25) is 0 Å². The third-order valence-corrected chi connectivity index (χ3v) is 5.12. The lowest BCUT2D eigenvalue weighted by Crippen LogP contribution is -2.38. The molecular weight excluding hydrogens is 368 g/mol. The summed E-state index contributed by atoms with van der Waals surface area (Å²) in [5, 5.41) is 5.64. The number of nitrogens with zero attached hydrogens (tertiary/aromatic N) is 2. The van der Waals surface area contributed by atoms with E-state index >= 15 is 0 Å². The molecule has 1 aromatic rings. The third kappa shape index (κ3) is 7.31. The van der Waals surface area contributed by atoms with Crippen molar-refractivity contribution in [1.82, 2.24) is 20.1 Å². The number of aryl methyl sites for hydroxylation is 1. The molecule has 2 rings (SSSR count). The van der Waals surface area contributed by atoms with Crippen molar-refractivity contribution in [1.29, 1.82) is 0 Å². The van der Waals surface area contributed by atoms with Crippen LogP contribution in [-0.2, 0) is 6.54 Å². The molecule has 1 aliphatic heterocycles. The number of carbonyl (C=O) groups is 2. The van der Waals surface area contributed by atoms with Gasteiger partial charge >= 0.3 is 0 Å². The minimum absolute atomic E-state index is 0.0293. The lowest BCUT2D eigenvalue weighted by atomic mass is 10.1. The van der Waals surface area contributed by atoms with E-state index in [2.05, 4.69) is 29.4 Å². The van der Waals surface area contributed by atoms with E-state index in [0.717, 1.165) is 26.1 Å². The molecule has 1 fully saturated rings. The fraction of sp³-hybridized carbons (Fsp3) is 0.682. The quantitative estimate of drug-likeness (QED) is 0.626. The van der Waals surface area contributed by atoms with E-state index in [0.29, 0.717) is 25.6 Å². The molecule has 2 amide bonds. The molecule has 2 heterocycles. The maximum Gasteiger partial charge on any atom is 0.256 e. The standard InChI is InChI=1S/C22H36N4O3/c1-16(2)7-11-26-14-18(21(28)23-8-12-25-9-5-6-10-25)20(27)19(15-26)22(29)24-13-17(3)4/h14-17H,5-13H2,1-4H3,(H,23,28)(H,24,29). The zero-order chi connectivity index (χ0) is 21.4. The van der Waals surface area contributed by atoms with E-state index in [1.54, 1.807) is 17.0 Å². The van der Waals surface area contributed by atoms with Crippen molar-refractivity contribution < 1.29 is 9.59 Å². The van der Waals surface area contributed by atoms with E-state index in [-0.39, 0.29) is 17.0 Å². The maximum absolute atomic E-state index is 12.9. The molecule has 1 saturated heterocycles. The number of likely N-dealkylation sites (tertiary alicyclic amines) is 1. The topological polar surface area (TPSA) is 83.4 Å². The molecule has 0 saturated carbocycles. The number of carbonyl (C=O) groups excluding carboxylic acids is 2. The largest absolute Gasteiger partial charge is 0.352 e. The zero-order valence-electron chi connectivity index (χ0n) is 18.3. The Labute approximate surface area is 173 Å². The van der Waals surface area contributed by atoms with Gasteiger partial charge in [-0.1, -0.05) is 27.7 Å². The second kappa shape index (κ2) is 11.1. The number of nitrogens with one attached hydrogen (secondary N) is 2. The van der Waals surface area contributed by atoms with Crippen LogP contribution in [0, 0.1) is 11.8 Å². The van der Waals surface area contributed by atoms with Crippen molar-refractivity contribution >= 4 is 11.8 Å². The highest BCUT2D eigenvalue weighted by Crippen LogP contribution is 2.07. The average molecular weight is 405 g/mol. The molecule has 0 bridgehead atoms. The summed E-state index contributed by atoms with van der Waals surface area (Å²) in [7, 11) is 0. The number of amides is 2. The van der Waals surface area contributed by atoms with Crippen molar-refractivity contribution in [2.75, 3.05) is 32.7 Å². The molecular formula is C22H36N4O3. The first-order valence-corrected chi connectivity index (χ1v) is 10.8. The number of aromatic nitrogens is 1.